The summed E-state index contributed by atoms with van der Waals surface area (Å²) >= 11 is 0. The van der Waals surface area contributed by atoms with E-state index in [1.165, 1.54) is 12.8 Å². The smallest absolute Gasteiger partial charge is 0.374 e. The third kappa shape index (κ3) is 4.95. The predicted molar refractivity (Wildman–Crippen MR) is 69.6 cm³/mol. The van der Waals surface area contributed by atoms with Gasteiger partial charge in [0, 0.05) is 25.4 Å². The number of unbranched alkanes of at least 4 members (excludes halogenated alkanes) is 1. The van der Waals surface area contributed by atoms with Crippen LogP contribution in [-0.4, -0.2) is 28.6 Å². The Hall–Kier alpha value is 0.0969. The molecule has 0 spiro atoms. The van der Waals surface area contributed by atoms with Crippen LogP contribution in [0.25, 0.3) is 0 Å². The van der Waals surface area contributed by atoms with Crippen LogP contribution in [0.1, 0.15) is 53.9 Å². The molecule has 1 atom stereocenters. The van der Waals surface area contributed by atoms with E-state index in [1.807, 2.05) is 20.8 Å². The van der Waals surface area contributed by atoms with E-state index >= 15 is 0 Å². The standard InChI is InChI=1S/C12H28O3Si/c1-6-10-11-12(5)16(13-7-2,14-8-3)15-9-4/h12H,6-11H2,1-5H3. The molecule has 0 bridgehead atoms. The van der Waals surface area contributed by atoms with E-state index < -0.39 is 8.80 Å². The van der Waals surface area contributed by atoms with Gasteiger partial charge in [-0.2, -0.15) is 0 Å². The monoisotopic (exact) mass is 248 g/mol. The Morgan fingerprint density at radius 1 is 0.875 bits per heavy atom. The zero-order valence-corrected chi connectivity index (χ0v) is 12.5. The van der Waals surface area contributed by atoms with Crippen molar-refractivity contribution >= 4 is 8.80 Å². The van der Waals surface area contributed by atoms with Crippen LogP contribution in [0, 0.1) is 0 Å². The maximum Gasteiger partial charge on any atom is 0.503 e. The molecule has 0 saturated carbocycles. The summed E-state index contributed by atoms with van der Waals surface area (Å²) in [5, 5.41) is 0. The Kier molecular flexibility index (Phi) is 9.22. The molecular weight excluding hydrogens is 220 g/mol. The number of rotatable bonds is 10. The first-order valence-electron chi connectivity index (χ1n) is 6.58. The lowest BCUT2D eigenvalue weighted by Crippen LogP contribution is -2.49. The quantitative estimate of drug-likeness (QED) is 0.553. The zero-order valence-electron chi connectivity index (χ0n) is 11.5. The van der Waals surface area contributed by atoms with Gasteiger partial charge in [0.15, 0.2) is 0 Å². The van der Waals surface area contributed by atoms with Gasteiger partial charge in [-0.1, -0.05) is 26.7 Å². The van der Waals surface area contributed by atoms with Crippen molar-refractivity contribution in [2.24, 2.45) is 0 Å². The second-order valence-electron chi connectivity index (χ2n) is 3.95. The first-order chi connectivity index (χ1) is 7.66. The molecule has 0 N–H and O–H groups in total. The average molecular weight is 248 g/mol. The van der Waals surface area contributed by atoms with Gasteiger partial charge in [-0.25, -0.2) is 0 Å². The SMILES string of the molecule is CCCCC(C)[Si](OCC)(OCC)OCC. The predicted octanol–water partition coefficient (Wildman–Crippen LogP) is 3.62. The fourth-order valence-corrected chi connectivity index (χ4v) is 4.71. The van der Waals surface area contributed by atoms with E-state index in [0.29, 0.717) is 25.4 Å². The molecule has 1 unspecified atom stereocenters. The van der Waals surface area contributed by atoms with Gasteiger partial charge in [0.2, 0.25) is 0 Å². The van der Waals surface area contributed by atoms with Gasteiger partial charge in [0.25, 0.3) is 0 Å². The summed E-state index contributed by atoms with van der Waals surface area (Å²) in [6, 6.07) is 0. The molecule has 0 aliphatic carbocycles. The van der Waals surface area contributed by atoms with Gasteiger partial charge < -0.3 is 13.3 Å². The molecule has 0 heterocycles. The summed E-state index contributed by atoms with van der Waals surface area (Å²) in [6.45, 7) is 12.4. The molecule has 0 aromatic heterocycles. The Morgan fingerprint density at radius 3 is 1.62 bits per heavy atom. The van der Waals surface area contributed by atoms with Crippen molar-refractivity contribution in [3.8, 4) is 0 Å². The molecule has 0 aromatic carbocycles. The molecule has 0 aromatic rings. The molecule has 3 nitrogen and oxygen atoms in total. The lowest BCUT2D eigenvalue weighted by molar-refractivity contribution is 0.0613. The molecule has 0 saturated heterocycles. The normalized spacial score (nSPS) is 14.1. The molecule has 0 amide bonds. The average Bonchev–Trinajstić information content (AvgIpc) is 2.26. The molecule has 0 radical (unpaired) electrons. The molecule has 0 aliphatic heterocycles. The van der Waals surface area contributed by atoms with Crippen LogP contribution in [0.5, 0.6) is 0 Å². The molecular formula is C12H28O3Si. The third-order valence-electron chi connectivity index (χ3n) is 2.63. The minimum absolute atomic E-state index is 0.396. The Morgan fingerprint density at radius 2 is 1.31 bits per heavy atom. The highest BCUT2D eigenvalue weighted by molar-refractivity contribution is 6.62. The van der Waals surface area contributed by atoms with E-state index in [4.69, 9.17) is 13.3 Å². The maximum atomic E-state index is 5.86. The fraction of sp³-hybridized carbons (Fsp3) is 1.00. The summed E-state index contributed by atoms with van der Waals surface area (Å²) in [5.41, 5.74) is 0.396. The largest absolute Gasteiger partial charge is 0.503 e. The van der Waals surface area contributed by atoms with E-state index in [-0.39, 0.29) is 0 Å². The second-order valence-corrected chi connectivity index (χ2v) is 7.00. The van der Waals surface area contributed by atoms with Crippen molar-refractivity contribution in [1.82, 2.24) is 0 Å². The summed E-state index contributed by atoms with van der Waals surface area (Å²) in [6.07, 6.45) is 3.55. The van der Waals surface area contributed by atoms with Crippen molar-refractivity contribution < 1.29 is 13.3 Å². The lowest BCUT2D eigenvalue weighted by Gasteiger charge is -2.33. The van der Waals surface area contributed by atoms with Crippen molar-refractivity contribution in [2.45, 2.75) is 59.4 Å². The molecule has 0 rings (SSSR count). The van der Waals surface area contributed by atoms with Gasteiger partial charge in [-0.15, -0.1) is 0 Å². The van der Waals surface area contributed by atoms with Crippen LogP contribution in [0.15, 0.2) is 0 Å². The van der Waals surface area contributed by atoms with Crippen LogP contribution in [-0.2, 0) is 13.3 Å². The number of hydrogen-bond donors (Lipinski definition) is 0. The van der Waals surface area contributed by atoms with Crippen molar-refractivity contribution in [1.29, 1.82) is 0 Å². The van der Waals surface area contributed by atoms with Crippen LogP contribution in [0.2, 0.25) is 5.54 Å². The maximum absolute atomic E-state index is 5.86. The van der Waals surface area contributed by atoms with Crippen molar-refractivity contribution in [3.05, 3.63) is 0 Å². The highest BCUT2D eigenvalue weighted by atomic mass is 28.4. The van der Waals surface area contributed by atoms with Gasteiger partial charge >= 0.3 is 8.80 Å². The Labute approximate surface area is 102 Å². The Balaban J connectivity index is 4.54. The summed E-state index contributed by atoms with van der Waals surface area (Å²) in [5.74, 6) is 0. The van der Waals surface area contributed by atoms with Crippen LogP contribution < -0.4 is 0 Å². The first-order valence-corrected chi connectivity index (χ1v) is 8.38. The van der Waals surface area contributed by atoms with E-state index in [1.54, 1.807) is 0 Å². The second kappa shape index (κ2) is 9.16. The minimum atomic E-state index is -2.44. The summed E-state index contributed by atoms with van der Waals surface area (Å²) in [4.78, 5) is 0. The topological polar surface area (TPSA) is 27.7 Å². The van der Waals surface area contributed by atoms with Gasteiger partial charge in [0.1, 0.15) is 0 Å². The van der Waals surface area contributed by atoms with Gasteiger partial charge in [-0.3, -0.25) is 0 Å². The third-order valence-corrected chi connectivity index (χ3v) is 6.20. The lowest BCUT2D eigenvalue weighted by atomic mass is 10.2. The van der Waals surface area contributed by atoms with Crippen LogP contribution in [0.3, 0.4) is 0 Å². The summed E-state index contributed by atoms with van der Waals surface area (Å²) < 4.78 is 17.6. The van der Waals surface area contributed by atoms with E-state index in [9.17, 15) is 0 Å². The zero-order chi connectivity index (χ0) is 12.4. The minimum Gasteiger partial charge on any atom is -0.374 e. The van der Waals surface area contributed by atoms with Crippen molar-refractivity contribution in [3.63, 3.8) is 0 Å². The Bertz CT molecular complexity index is 147. The highest BCUT2D eigenvalue weighted by Crippen LogP contribution is 2.30. The van der Waals surface area contributed by atoms with Crippen molar-refractivity contribution in [2.75, 3.05) is 19.8 Å². The van der Waals surface area contributed by atoms with Crippen LogP contribution >= 0.6 is 0 Å². The molecule has 16 heavy (non-hydrogen) atoms. The van der Waals surface area contributed by atoms with Gasteiger partial charge in [-0.05, 0) is 27.2 Å². The molecule has 0 aliphatic rings. The van der Waals surface area contributed by atoms with E-state index in [2.05, 4.69) is 13.8 Å². The molecule has 98 valence electrons. The van der Waals surface area contributed by atoms with Gasteiger partial charge in [0.05, 0.1) is 0 Å². The molecule has 0 fully saturated rings. The highest BCUT2D eigenvalue weighted by Gasteiger charge is 2.46. The van der Waals surface area contributed by atoms with E-state index in [0.717, 1.165) is 6.42 Å². The molecule has 4 heteroatoms. The fourth-order valence-electron chi connectivity index (χ4n) is 1.84. The van der Waals surface area contributed by atoms with Crippen LogP contribution in [0.4, 0.5) is 0 Å². The number of hydrogen-bond acceptors (Lipinski definition) is 3. The first kappa shape index (κ1) is 16.1. The summed E-state index contributed by atoms with van der Waals surface area (Å²) in [7, 11) is -2.44.